The fraction of sp³-hybridized carbons (Fsp3) is 0.450. The molecule has 0 saturated carbocycles. The molecule has 0 aliphatic rings. The highest BCUT2D eigenvalue weighted by Gasteiger charge is 2.05. The Bertz CT molecular complexity index is 696. The summed E-state index contributed by atoms with van der Waals surface area (Å²) in [4.78, 5) is 4.62. The predicted octanol–water partition coefficient (Wildman–Crippen LogP) is 3.60. The fourth-order valence-corrected chi connectivity index (χ4v) is 2.82. The number of guanidine groups is 1. The van der Waals surface area contributed by atoms with Crippen LogP contribution in [0.15, 0.2) is 46.0 Å². The van der Waals surface area contributed by atoms with E-state index in [0.29, 0.717) is 0 Å². The molecule has 0 unspecified atom stereocenters. The molecule has 0 radical (unpaired) electrons. The summed E-state index contributed by atoms with van der Waals surface area (Å²) in [6.45, 7) is 2.34. The number of nitrogens with zero attached hydrogens (tertiary/aromatic N) is 1. The maximum Gasteiger partial charge on any atom is 0.191 e. The summed E-state index contributed by atoms with van der Waals surface area (Å²) in [6.07, 6.45) is 5.47. The van der Waals surface area contributed by atoms with Crippen LogP contribution in [0.3, 0.4) is 0 Å². The first-order valence-electron chi connectivity index (χ1n) is 9.01. The Morgan fingerprint density at radius 2 is 1.82 bits per heavy atom. The van der Waals surface area contributed by atoms with Gasteiger partial charge < -0.3 is 24.5 Å². The quantitative estimate of drug-likeness (QED) is 0.205. The lowest BCUT2D eigenvalue weighted by Crippen LogP contribution is -2.39. The van der Waals surface area contributed by atoms with E-state index in [-0.39, 0.29) is 24.0 Å². The number of furan rings is 1. The number of methoxy groups -OCH3 is 2. The van der Waals surface area contributed by atoms with Crippen LogP contribution < -0.4 is 20.1 Å². The van der Waals surface area contributed by atoms with Gasteiger partial charge in [0.15, 0.2) is 17.5 Å². The van der Waals surface area contributed by atoms with Gasteiger partial charge in [0.1, 0.15) is 5.76 Å². The van der Waals surface area contributed by atoms with Crippen LogP contribution in [-0.4, -0.2) is 51.8 Å². The first kappa shape index (κ1) is 24.5. The van der Waals surface area contributed by atoms with E-state index in [1.807, 2.05) is 24.3 Å². The highest BCUT2D eigenvalue weighted by molar-refractivity contribution is 14.0. The lowest BCUT2D eigenvalue weighted by Gasteiger charge is -2.13. The second-order valence-electron chi connectivity index (χ2n) is 5.85. The van der Waals surface area contributed by atoms with Crippen LogP contribution in [0.5, 0.6) is 11.5 Å². The fourth-order valence-electron chi connectivity index (χ4n) is 2.54. The van der Waals surface area contributed by atoms with Gasteiger partial charge in [-0.05, 0) is 42.5 Å². The summed E-state index contributed by atoms with van der Waals surface area (Å²) in [6, 6.07) is 9.89. The molecule has 0 fully saturated rings. The minimum atomic E-state index is 0. The predicted molar refractivity (Wildman–Crippen MR) is 128 cm³/mol. The van der Waals surface area contributed by atoms with Crippen molar-refractivity contribution in [1.82, 2.24) is 10.6 Å². The van der Waals surface area contributed by atoms with E-state index in [1.54, 1.807) is 32.2 Å². The lowest BCUT2D eigenvalue weighted by atomic mass is 10.1. The van der Waals surface area contributed by atoms with E-state index >= 15 is 0 Å². The molecule has 1 aromatic carbocycles. The smallest absolute Gasteiger partial charge is 0.191 e. The third kappa shape index (κ3) is 8.64. The Hall–Kier alpha value is -1.55. The van der Waals surface area contributed by atoms with Gasteiger partial charge >= 0.3 is 0 Å². The van der Waals surface area contributed by atoms with Crippen molar-refractivity contribution in [2.24, 2.45) is 4.99 Å². The van der Waals surface area contributed by atoms with Crippen molar-refractivity contribution in [3.8, 4) is 11.5 Å². The lowest BCUT2D eigenvalue weighted by molar-refractivity contribution is 0.354. The monoisotopic (exact) mass is 519 g/mol. The van der Waals surface area contributed by atoms with Crippen molar-refractivity contribution in [2.45, 2.75) is 12.8 Å². The average Bonchev–Trinajstić information content (AvgIpc) is 3.21. The number of hydrogen-bond donors (Lipinski definition) is 2. The molecule has 2 rings (SSSR count). The number of nitrogens with one attached hydrogen (secondary N) is 2. The van der Waals surface area contributed by atoms with E-state index in [1.165, 1.54) is 5.56 Å². The molecule has 156 valence electrons. The molecule has 1 heterocycles. The molecule has 0 bridgehead atoms. The van der Waals surface area contributed by atoms with Crippen LogP contribution in [0.1, 0.15) is 11.3 Å². The zero-order valence-corrected chi connectivity index (χ0v) is 19.8. The number of rotatable bonds is 11. The van der Waals surface area contributed by atoms with Crippen molar-refractivity contribution >= 4 is 41.7 Å². The Kier molecular flexibility index (Phi) is 12.6. The van der Waals surface area contributed by atoms with Gasteiger partial charge in [-0.1, -0.05) is 6.07 Å². The van der Waals surface area contributed by atoms with Crippen LogP contribution in [0.4, 0.5) is 0 Å². The molecule has 0 spiro atoms. The second-order valence-corrected chi connectivity index (χ2v) is 6.83. The summed E-state index contributed by atoms with van der Waals surface area (Å²) in [5.41, 5.74) is 1.18. The molecule has 0 saturated heterocycles. The number of ether oxygens (including phenoxy) is 2. The SMILES string of the molecule is COc1ccc(CCNC(=NCCSC)NCCc2ccco2)cc1OC.I. The third-order valence-electron chi connectivity index (χ3n) is 3.96. The van der Waals surface area contributed by atoms with Crippen LogP contribution in [0.25, 0.3) is 0 Å². The minimum Gasteiger partial charge on any atom is -0.493 e. The molecule has 1 aromatic heterocycles. The average molecular weight is 519 g/mol. The first-order chi connectivity index (χ1) is 13.3. The Balaban J connectivity index is 0.00000392. The summed E-state index contributed by atoms with van der Waals surface area (Å²) in [7, 11) is 3.30. The number of hydrogen-bond acceptors (Lipinski definition) is 5. The van der Waals surface area contributed by atoms with E-state index in [2.05, 4.69) is 27.9 Å². The van der Waals surface area contributed by atoms with Crippen molar-refractivity contribution in [3.63, 3.8) is 0 Å². The number of benzene rings is 1. The molecule has 28 heavy (non-hydrogen) atoms. The summed E-state index contributed by atoms with van der Waals surface area (Å²) >= 11 is 1.79. The Labute approximate surface area is 188 Å². The summed E-state index contributed by atoms with van der Waals surface area (Å²) in [5, 5.41) is 6.77. The Morgan fingerprint density at radius 1 is 1.07 bits per heavy atom. The van der Waals surface area contributed by atoms with Gasteiger partial charge in [-0.15, -0.1) is 24.0 Å². The van der Waals surface area contributed by atoms with E-state index in [0.717, 1.165) is 61.4 Å². The molecular weight excluding hydrogens is 489 g/mol. The number of halogens is 1. The van der Waals surface area contributed by atoms with Crippen LogP contribution in [0.2, 0.25) is 0 Å². The molecule has 0 amide bonds. The molecule has 8 heteroatoms. The van der Waals surface area contributed by atoms with Gasteiger partial charge in [0, 0.05) is 25.3 Å². The summed E-state index contributed by atoms with van der Waals surface area (Å²) in [5.74, 6) is 4.29. The van der Waals surface area contributed by atoms with E-state index < -0.39 is 0 Å². The highest BCUT2D eigenvalue weighted by Crippen LogP contribution is 2.27. The number of aliphatic imine (C=N–C) groups is 1. The Morgan fingerprint density at radius 3 is 2.46 bits per heavy atom. The number of thioether (sulfide) groups is 1. The standard InChI is InChI=1S/C20H29N3O3S.HI/c1-24-18-7-6-16(15-19(18)25-2)8-10-21-20(23-12-14-27-3)22-11-9-17-5-4-13-26-17;/h4-7,13,15H,8-12,14H2,1-3H3,(H2,21,22,23);1H. The molecule has 2 aromatic rings. The molecular formula is C20H30IN3O3S. The van der Waals surface area contributed by atoms with Crippen molar-refractivity contribution in [3.05, 3.63) is 47.9 Å². The minimum absolute atomic E-state index is 0. The van der Waals surface area contributed by atoms with Gasteiger partial charge in [-0.25, -0.2) is 0 Å². The van der Waals surface area contributed by atoms with Gasteiger partial charge in [-0.2, -0.15) is 11.8 Å². The maximum absolute atomic E-state index is 5.37. The zero-order chi connectivity index (χ0) is 19.3. The zero-order valence-electron chi connectivity index (χ0n) is 16.7. The molecule has 2 N–H and O–H groups in total. The highest BCUT2D eigenvalue weighted by atomic mass is 127. The van der Waals surface area contributed by atoms with Gasteiger partial charge in [0.2, 0.25) is 0 Å². The van der Waals surface area contributed by atoms with Gasteiger partial charge in [0.25, 0.3) is 0 Å². The van der Waals surface area contributed by atoms with Crippen molar-refractivity contribution in [2.75, 3.05) is 45.9 Å². The van der Waals surface area contributed by atoms with Crippen LogP contribution in [-0.2, 0) is 12.8 Å². The van der Waals surface area contributed by atoms with Gasteiger partial charge in [0.05, 0.1) is 27.0 Å². The largest absolute Gasteiger partial charge is 0.493 e. The molecule has 0 aliphatic heterocycles. The second kappa shape index (κ2) is 14.4. The third-order valence-corrected chi connectivity index (χ3v) is 4.55. The molecule has 6 nitrogen and oxygen atoms in total. The first-order valence-corrected chi connectivity index (χ1v) is 10.4. The van der Waals surface area contributed by atoms with Crippen LogP contribution in [0, 0.1) is 0 Å². The molecule has 0 atom stereocenters. The topological polar surface area (TPSA) is 68.0 Å². The van der Waals surface area contributed by atoms with Crippen molar-refractivity contribution < 1.29 is 13.9 Å². The van der Waals surface area contributed by atoms with E-state index in [4.69, 9.17) is 13.9 Å². The summed E-state index contributed by atoms with van der Waals surface area (Å²) < 4.78 is 16.0. The van der Waals surface area contributed by atoms with E-state index in [9.17, 15) is 0 Å². The molecule has 0 aliphatic carbocycles. The maximum atomic E-state index is 5.37. The van der Waals surface area contributed by atoms with Crippen molar-refractivity contribution in [1.29, 1.82) is 0 Å². The van der Waals surface area contributed by atoms with Crippen LogP contribution >= 0.6 is 35.7 Å². The van der Waals surface area contributed by atoms with Gasteiger partial charge in [-0.3, -0.25) is 4.99 Å². The normalized spacial score (nSPS) is 10.9.